The van der Waals surface area contributed by atoms with E-state index in [-0.39, 0.29) is 24.7 Å². The lowest BCUT2D eigenvalue weighted by molar-refractivity contribution is -0.175. The molecule has 0 radical (unpaired) electrons. The molecule has 1 heterocycles. The number of hydrogen-bond donors (Lipinski definition) is 4. The van der Waals surface area contributed by atoms with E-state index in [1.165, 1.54) is 13.8 Å². The molecule has 1 aliphatic rings. The van der Waals surface area contributed by atoms with Crippen LogP contribution in [0, 0.1) is 29.1 Å². The van der Waals surface area contributed by atoms with E-state index in [9.17, 15) is 37.6 Å². The zero-order valence-electron chi connectivity index (χ0n) is 18.5. The van der Waals surface area contributed by atoms with Crippen molar-refractivity contribution in [2.24, 2.45) is 17.8 Å². The Labute approximate surface area is 184 Å². The van der Waals surface area contributed by atoms with Crippen LogP contribution in [0.1, 0.15) is 47.0 Å². The van der Waals surface area contributed by atoms with E-state index in [2.05, 4.69) is 16.0 Å². The SMILES string of the molecule is CC(C)C[C@H](NC(=O)[C@@H](NC(=O)C(F)(F)F)C(C)C)C(=O)N[C@H](C#N)C[C@@H]1CCNC1=O. The van der Waals surface area contributed by atoms with E-state index < -0.39 is 53.9 Å². The number of amides is 4. The molecule has 1 aliphatic heterocycles. The lowest BCUT2D eigenvalue weighted by Gasteiger charge is -2.27. The fourth-order valence-electron chi connectivity index (χ4n) is 3.29. The molecule has 180 valence electrons. The van der Waals surface area contributed by atoms with E-state index >= 15 is 0 Å². The molecule has 0 spiro atoms. The lowest BCUT2D eigenvalue weighted by atomic mass is 9.97. The van der Waals surface area contributed by atoms with E-state index in [0.717, 1.165) is 0 Å². The minimum absolute atomic E-state index is 0.0746. The highest BCUT2D eigenvalue weighted by atomic mass is 19.4. The van der Waals surface area contributed by atoms with Crippen LogP contribution in [-0.2, 0) is 19.2 Å². The highest BCUT2D eigenvalue weighted by molar-refractivity contribution is 5.93. The number of rotatable bonds is 10. The van der Waals surface area contributed by atoms with Crippen LogP contribution in [0.3, 0.4) is 0 Å². The van der Waals surface area contributed by atoms with Crippen molar-refractivity contribution in [3.8, 4) is 6.07 Å². The topological polar surface area (TPSA) is 140 Å². The first-order valence-corrected chi connectivity index (χ1v) is 10.4. The maximum absolute atomic E-state index is 12.8. The Morgan fingerprint density at radius 1 is 1.12 bits per heavy atom. The van der Waals surface area contributed by atoms with Gasteiger partial charge in [0.15, 0.2) is 0 Å². The summed E-state index contributed by atoms with van der Waals surface area (Å²) >= 11 is 0. The molecule has 12 heteroatoms. The number of nitriles is 1. The van der Waals surface area contributed by atoms with E-state index in [1.807, 2.05) is 6.07 Å². The molecule has 32 heavy (non-hydrogen) atoms. The summed E-state index contributed by atoms with van der Waals surface area (Å²) in [7, 11) is 0. The molecule has 0 saturated carbocycles. The highest BCUT2D eigenvalue weighted by Crippen LogP contribution is 2.17. The number of nitrogens with one attached hydrogen (secondary N) is 4. The van der Waals surface area contributed by atoms with E-state index in [4.69, 9.17) is 0 Å². The Balaban J connectivity index is 2.89. The van der Waals surface area contributed by atoms with Crippen molar-refractivity contribution in [1.82, 2.24) is 21.3 Å². The zero-order chi connectivity index (χ0) is 24.6. The number of alkyl halides is 3. The van der Waals surface area contributed by atoms with Gasteiger partial charge in [0.05, 0.1) is 6.07 Å². The van der Waals surface area contributed by atoms with Gasteiger partial charge in [-0.1, -0.05) is 27.7 Å². The highest BCUT2D eigenvalue weighted by Gasteiger charge is 2.42. The van der Waals surface area contributed by atoms with Gasteiger partial charge in [0.1, 0.15) is 18.1 Å². The molecular weight excluding hydrogens is 431 g/mol. The van der Waals surface area contributed by atoms with Crippen LogP contribution >= 0.6 is 0 Å². The summed E-state index contributed by atoms with van der Waals surface area (Å²) in [5.41, 5.74) is 0. The summed E-state index contributed by atoms with van der Waals surface area (Å²) in [6.45, 7) is 6.96. The summed E-state index contributed by atoms with van der Waals surface area (Å²) in [4.78, 5) is 48.4. The van der Waals surface area contributed by atoms with Crippen molar-refractivity contribution >= 4 is 23.6 Å². The van der Waals surface area contributed by atoms with Crippen LogP contribution < -0.4 is 21.3 Å². The molecule has 1 fully saturated rings. The predicted octanol–water partition coefficient (Wildman–Crippen LogP) is 0.755. The van der Waals surface area contributed by atoms with Crippen molar-refractivity contribution in [3.05, 3.63) is 0 Å². The molecule has 0 aliphatic carbocycles. The monoisotopic (exact) mass is 461 g/mol. The normalized spacial score (nSPS) is 19.0. The Kier molecular flexibility index (Phi) is 9.93. The second-order valence-electron chi connectivity index (χ2n) is 8.59. The predicted molar refractivity (Wildman–Crippen MR) is 107 cm³/mol. The molecule has 0 bridgehead atoms. The third-order valence-electron chi connectivity index (χ3n) is 4.99. The number of nitrogens with zero attached hydrogens (tertiary/aromatic N) is 1. The van der Waals surface area contributed by atoms with Crippen LogP contribution in [-0.4, -0.2) is 54.5 Å². The van der Waals surface area contributed by atoms with Crippen LogP contribution in [0.5, 0.6) is 0 Å². The molecular formula is C20H30F3N5O4. The van der Waals surface area contributed by atoms with Gasteiger partial charge in [-0.25, -0.2) is 0 Å². The Morgan fingerprint density at radius 2 is 1.75 bits per heavy atom. The van der Waals surface area contributed by atoms with Gasteiger partial charge in [-0.05, 0) is 31.1 Å². The van der Waals surface area contributed by atoms with Crippen LogP contribution in [0.2, 0.25) is 0 Å². The standard InChI is InChI=1S/C20H30F3N5O4/c1-10(2)7-14(17(30)26-13(9-24)8-12-5-6-25-16(12)29)27-18(31)15(11(3)4)28-19(32)20(21,22)23/h10-15H,5-8H2,1-4H3,(H,25,29)(H,26,30)(H,27,31)(H,28,32)/t12-,13-,14-,15-/m0/s1. The van der Waals surface area contributed by atoms with Gasteiger partial charge in [-0.2, -0.15) is 18.4 Å². The van der Waals surface area contributed by atoms with Gasteiger partial charge in [0.2, 0.25) is 17.7 Å². The van der Waals surface area contributed by atoms with E-state index in [1.54, 1.807) is 19.2 Å². The Bertz CT molecular complexity index is 748. The van der Waals surface area contributed by atoms with Gasteiger partial charge in [-0.3, -0.25) is 19.2 Å². The second kappa shape index (κ2) is 11.7. The molecule has 0 aromatic carbocycles. The molecule has 1 rings (SSSR count). The first-order chi connectivity index (χ1) is 14.8. The Hall–Kier alpha value is -2.84. The van der Waals surface area contributed by atoms with E-state index in [0.29, 0.717) is 13.0 Å². The number of halogens is 3. The maximum Gasteiger partial charge on any atom is 0.471 e. The van der Waals surface area contributed by atoms with Gasteiger partial charge in [0.25, 0.3) is 0 Å². The first-order valence-electron chi connectivity index (χ1n) is 10.4. The molecule has 0 unspecified atom stereocenters. The summed E-state index contributed by atoms with van der Waals surface area (Å²) in [5.74, 6) is -5.27. The first kappa shape index (κ1) is 27.2. The average Bonchev–Trinajstić information content (AvgIpc) is 3.07. The van der Waals surface area contributed by atoms with Gasteiger partial charge in [0, 0.05) is 12.5 Å². The molecule has 4 N–H and O–H groups in total. The van der Waals surface area contributed by atoms with Crippen molar-refractivity contribution < 1.29 is 32.3 Å². The molecule has 1 saturated heterocycles. The lowest BCUT2D eigenvalue weighted by Crippen LogP contribution is -2.57. The molecule has 0 aromatic rings. The average molecular weight is 461 g/mol. The van der Waals surface area contributed by atoms with Gasteiger partial charge >= 0.3 is 12.1 Å². The maximum atomic E-state index is 12.8. The minimum Gasteiger partial charge on any atom is -0.356 e. The smallest absolute Gasteiger partial charge is 0.356 e. The van der Waals surface area contributed by atoms with Crippen molar-refractivity contribution in [3.63, 3.8) is 0 Å². The second-order valence-corrected chi connectivity index (χ2v) is 8.59. The number of carbonyl (C=O) groups excluding carboxylic acids is 4. The molecule has 4 atom stereocenters. The third kappa shape index (κ3) is 8.36. The summed E-state index contributed by atoms with van der Waals surface area (Å²) in [5, 5.41) is 18.6. The molecule has 4 amide bonds. The van der Waals surface area contributed by atoms with Crippen molar-refractivity contribution in [2.45, 2.75) is 71.3 Å². The van der Waals surface area contributed by atoms with Crippen molar-refractivity contribution in [1.29, 1.82) is 5.26 Å². The zero-order valence-corrected chi connectivity index (χ0v) is 18.5. The summed E-state index contributed by atoms with van der Waals surface area (Å²) in [6, 6.07) is -1.71. The van der Waals surface area contributed by atoms with Crippen molar-refractivity contribution in [2.75, 3.05) is 6.54 Å². The summed E-state index contributed by atoms with van der Waals surface area (Å²) < 4.78 is 37.8. The van der Waals surface area contributed by atoms with Crippen LogP contribution in [0.4, 0.5) is 13.2 Å². The van der Waals surface area contributed by atoms with Gasteiger partial charge < -0.3 is 21.3 Å². The largest absolute Gasteiger partial charge is 0.471 e. The van der Waals surface area contributed by atoms with Gasteiger partial charge in [-0.15, -0.1) is 0 Å². The minimum atomic E-state index is -5.16. The molecule has 0 aromatic heterocycles. The third-order valence-corrected chi connectivity index (χ3v) is 4.99. The number of hydrogen-bond acceptors (Lipinski definition) is 5. The van der Waals surface area contributed by atoms with Crippen LogP contribution in [0.25, 0.3) is 0 Å². The fourth-order valence-corrected chi connectivity index (χ4v) is 3.29. The fraction of sp³-hybridized carbons (Fsp3) is 0.750. The van der Waals surface area contributed by atoms with Crippen LogP contribution in [0.15, 0.2) is 0 Å². The Morgan fingerprint density at radius 3 is 2.19 bits per heavy atom. The summed E-state index contributed by atoms with van der Waals surface area (Å²) in [6.07, 6.45) is -4.37. The quantitative estimate of drug-likeness (QED) is 0.380. The number of carbonyl (C=O) groups is 4. The molecule has 9 nitrogen and oxygen atoms in total.